The summed E-state index contributed by atoms with van der Waals surface area (Å²) in [7, 11) is 1.64. The molecule has 0 aliphatic heterocycles. The summed E-state index contributed by atoms with van der Waals surface area (Å²) in [5, 5.41) is 2.80. The van der Waals surface area contributed by atoms with Crippen molar-refractivity contribution in [3.63, 3.8) is 0 Å². The van der Waals surface area contributed by atoms with Gasteiger partial charge in [0.15, 0.2) is 0 Å². The van der Waals surface area contributed by atoms with Crippen LogP contribution in [0.15, 0.2) is 18.2 Å². The van der Waals surface area contributed by atoms with E-state index in [0.29, 0.717) is 13.0 Å². The number of rotatable bonds is 5. The summed E-state index contributed by atoms with van der Waals surface area (Å²) >= 11 is 0. The average Bonchev–Trinajstić information content (AvgIpc) is 2.36. The van der Waals surface area contributed by atoms with Crippen LogP contribution in [0.1, 0.15) is 31.9 Å². The predicted molar refractivity (Wildman–Crippen MR) is 83.6 cm³/mol. The third-order valence-electron chi connectivity index (χ3n) is 2.97. The number of benzene rings is 1. The Bertz CT molecular complexity index is 481. The van der Waals surface area contributed by atoms with Gasteiger partial charge in [0, 0.05) is 12.6 Å². The number of carbonyl (C=O) groups is 1. The fourth-order valence-electron chi connectivity index (χ4n) is 2.10. The van der Waals surface area contributed by atoms with Crippen molar-refractivity contribution in [2.24, 2.45) is 5.73 Å². The van der Waals surface area contributed by atoms with E-state index >= 15 is 0 Å². The van der Waals surface area contributed by atoms with Crippen molar-refractivity contribution in [1.29, 1.82) is 0 Å². The minimum Gasteiger partial charge on any atom is -0.496 e. The normalized spacial score (nSPS) is 12.7. The standard InChI is InChI=1S/C16H26N2O3/c1-11-7-6-8-12(14(11)20-5)9-13(10-17)18-15(19)21-16(2,3)4/h6-8,13H,9-10,17H2,1-5H3,(H,18,19). The molecule has 21 heavy (non-hydrogen) atoms. The second kappa shape index (κ2) is 7.31. The van der Waals surface area contributed by atoms with Crippen molar-refractivity contribution in [3.8, 4) is 5.75 Å². The summed E-state index contributed by atoms with van der Waals surface area (Å²) < 4.78 is 10.7. The zero-order valence-electron chi connectivity index (χ0n) is 13.5. The van der Waals surface area contributed by atoms with Gasteiger partial charge in [-0.15, -0.1) is 0 Å². The van der Waals surface area contributed by atoms with E-state index in [1.807, 2.05) is 45.9 Å². The molecular weight excluding hydrogens is 268 g/mol. The molecule has 3 N–H and O–H groups in total. The van der Waals surface area contributed by atoms with Crippen LogP contribution in [0.5, 0.6) is 5.75 Å². The van der Waals surface area contributed by atoms with Crippen molar-refractivity contribution in [3.05, 3.63) is 29.3 Å². The van der Waals surface area contributed by atoms with Gasteiger partial charge in [-0.3, -0.25) is 0 Å². The topological polar surface area (TPSA) is 73.6 Å². The fraction of sp³-hybridized carbons (Fsp3) is 0.562. The first-order chi connectivity index (χ1) is 9.76. The Hall–Kier alpha value is -1.75. The lowest BCUT2D eigenvalue weighted by Crippen LogP contribution is -2.44. The van der Waals surface area contributed by atoms with E-state index in [1.54, 1.807) is 7.11 Å². The Morgan fingerprint density at radius 1 is 1.38 bits per heavy atom. The second-order valence-electron chi connectivity index (χ2n) is 6.05. The molecule has 5 heteroatoms. The van der Waals surface area contributed by atoms with Crippen LogP contribution >= 0.6 is 0 Å². The van der Waals surface area contributed by atoms with E-state index in [9.17, 15) is 4.79 Å². The highest BCUT2D eigenvalue weighted by molar-refractivity contribution is 5.68. The minimum absolute atomic E-state index is 0.199. The Labute approximate surface area is 126 Å². The molecule has 0 bridgehead atoms. The summed E-state index contributed by atoms with van der Waals surface area (Å²) in [4.78, 5) is 11.8. The number of hydrogen-bond acceptors (Lipinski definition) is 4. The van der Waals surface area contributed by atoms with Crippen LogP contribution < -0.4 is 15.8 Å². The summed E-state index contributed by atoms with van der Waals surface area (Å²) in [6.45, 7) is 7.80. The number of nitrogens with two attached hydrogens (primary N) is 1. The Morgan fingerprint density at radius 2 is 2.05 bits per heavy atom. The molecule has 118 valence electrons. The maximum atomic E-state index is 11.8. The largest absolute Gasteiger partial charge is 0.496 e. The zero-order valence-corrected chi connectivity index (χ0v) is 13.5. The maximum absolute atomic E-state index is 11.8. The van der Waals surface area contributed by atoms with Crippen molar-refractivity contribution >= 4 is 6.09 Å². The maximum Gasteiger partial charge on any atom is 0.407 e. The molecule has 1 atom stereocenters. The van der Waals surface area contributed by atoms with Crippen LogP contribution in [0.25, 0.3) is 0 Å². The quantitative estimate of drug-likeness (QED) is 0.874. The molecule has 0 heterocycles. The van der Waals surface area contributed by atoms with E-state index in [1.165, 1.54) is 0 Å². The molecule has 0 spiro atoms. The van der Waals surface area contributed by atoms with Crippen LogP contribution in [0.2, 0.25) is 0 Å². The lowest BCUT2D eigenvalue weighted by Gasteiger charge is -2.23. The predicted octanol–water partition coefficient (Wildman–Crippen LogP) is 2.40. The fourth-order valence-corrected chi connectivity index (χ4v) is 2.10. The number of para-hydroxylation sites is 1. The molecule has 0 aliphatic carbocycles. The summed E-state index contributed by atoms with van der Waals surface area (Å²) in [6, 6.07) is 5.73. The Morgan fingerprint density at radius 3 is 2.57 bits per heavy atom. The van der Waals surface area contributed by atoms with Crippen molar-refractivity contribution in [2.75, 3.05) is 13.7 Å². The van der Waals surface area contributed by atoms with E-state index in [-0.39, 0.29) is 6.04 Å². The summed E-state index contributed by atoms with van der Waals surface area (Å²) in [5.74, 6) is 0.835. The highest BCUT2D eigenvalue weighted by atomic mass is 16.6. The number of methoxy groups -OCH3 is 1. The highest BCUT2D eigenvalue weighted by Crippen LogP contribution is 2.24. The van der Waals surface area contributed by atoms with Crippen LogP contribution in [-0.4, -0.2) is 31.4 Å². The van der Waals surface area contributed by atoms with Crippen LogP contribution in [0, 0.1) is 6.92 Å². The van der Waals surface area contributed by atoms with Gasteiger partial charge in [-0.2, -0.15) is 0 Å². The minimum atomic E-state index is -0.524. The van der Waals surface area contributed by atoms with Crippen LogP contribution in [0.4, 0.5) is 4.79 Å². The first-order valence-electron chi connectivity index (χ1n) is 7.09. The van der Waals surface area contributed by atoms with E-state index < -0.39 is 11.7 Å². The molecule has 1 rings (SSSR count). The molecule has 0 radical (unpaired) electrons. The van der Waals surface area contributed by atoms with Gasteiger partial charge in [-0.25, -0.2) is 4.79 Å². The van der Waals surface area contributed by atoms with Crippen molar-refractivity contribution < 1.29 is 14.3 Å². The monoisotopic (exact) mass is 294 g/mol. The lowest BCUT2D eigenvalue weighted by atomic mass is 10.0. The van der Waals surface area contributed by atoms with Gasteiger partial charge in [0.2, 0.25) is 0 Å². The number of ether oxygens (including phenoxy) is 2. The van der Waals surface area contributed by atoms with Gasteiger partial charge in [0.1, 0.15) is 11.4 Å². The summed E-state index contributed by atoms with van der Waals surface area (Å²) in [5.41, 5.74) is 7.30. The molecule has 0 aromatic heterocycles. The Balaban J connectivity index is 2.75. The van der Waals surface area contributed by atoms with Crippen LogP contribution in [0.3, 0.4) is 0 Å². The van der Waals surface area contributed by atoms with Crippen molar-refractivity contribution in [2.45, 2.75) is 45.8 Å². The van der Waals surface area contributed by atoms with E-state index in [2.05, 4.69) is 5.32 Å². The SMILES string of the molecule is COc1c(C)cccc1CC(CN)NC(=O)OC(C)(C)C. The van der Waals surface area contributed by atoms with Gasteiger partial charge in [0.05, 0.1) is 7.11 Å². The van der Waals surface area contributed by atoms with Gasteiger partial charge in [-0.05, 0) is 45.2 Å². The molecule has 5 nitrogen and oxygen atoms in total. The Kier molecular flexibility index (Phi) is 6.03. The average molecular weight is 294 g/mol. The molecular formula is C16H26N2O3. The second-order valence-corrected chi connectivity index (χ2v) is 6.05. The number of amides is 1. The first-order valence-corrected chi connectivity index (χ1v) is 7.09. The third kappa shape index (κ3) is 5.63. The number of hydrogen-bond donors (Lipinski definition) is 2. The van der Waals surface area contributed by atoms with E-state index in [0.717, 1.165) is 16.9 Å². The molecule has 0 fully saturated rings. The van der Waals surface area contributed by atoms with Gasteiger partial charge in [0.25, 0.3) is 0 Å². The third-order valence-corrected chi connectivity index (χ3v) is 2.97. The molecule has 1 unspecified atom stereocenters. The highest BCUT2D eigenvalue weighted by Gasteiger charge is 2.20. The number of carbonyl (C=O) groups excluding carboxylic acids is 1. The number of nitrogens with one attached hydrogen (secondary N) is 1. The number of alkyl carbamates (subject to hydrolysis) is 1. The lowest BCUT2D eigenvalue weighted by molar-refractivity contribution is 0.0505. The zero-order chi connectivity index (χ0) is 16.0. The molecule has 1 amide bonds. The summed E-state index contributed by atoms with van der Waals surface area (Å²) in [6.07, 6.45) is 0.144. The molecule has 0 saturated carbocycles. The van der Waals surface area contributed by atoms with Gasteiger partial charge >= 0.3 is 6.09 Å². The number of aryl methyl sites for hydroxylation is 1. The van der Waals surface area contributed by atoms with Gasteiger partial charge in [-0.1, -0.05) is 18.2 Å². The molecule has 0 aliphatic rings. The first kappa shape index (κ1) is 17.3. The molecule has 1 aromatic rings. The van der Waals surface area contributed by atoms with Gasteiger partial charge < -0.3 is 20.5 Å². The van der Waals surface area contributed by atoms with E-state index in [4.69, 9.17) is 15.2 Å². The van der Waals surface area contributed by atoms with Crippen molar-refractivity contribution in [1.82, 2.24) is 5.32 Å². The smallest absolute Gasteiger partial charge is 0.407 e. The van der Waals surface area contributed by atoms with Crippen LogP contribution in [-0.2, 0) is 11.2 Å². The molecule has 1 aromatic carbocycles. The molecule has 0 saturated heterocycles.